The smallest absolute Gasteiger partial charge is 0.223 e. The standard InChI is InChI=1S/C13H25NO3Si/c1-13(2,3)18(4,5)17-10-11-6-7-12(16)14(11)8-9-15/h9,11H,6-8,10H2,1-5H3. The normalized spacial score (nSPS) is 21.5. The fraction of sp³-hybridized carbons (Fsp3) is 0.846. The van der Waals surface area contributed by atoms with Crippen LogP contribution < -0.4 is 0 Å². The molecular weight excluding hydrogens is 246 g/mol. The number of hydrogen-bond donors (Lipinski definition) is 0. The summed E-state index contributed by atoms with van der Waals surface area (Å²) in [6, 6.07) is 0.0804. The molecule has 0 aliphatic carbocycles. The molecule has 104 valence electrons. The largest absolute Gasteiger partial charge is 0.415 e. The molecule has 1 saturated heterocycles. The summed E-state index contributed by atoms with van der Waals surface area (Å²) in [5.74, 6) is 0.0749. The molecule has 1 rings (SSSR count). The van der Waals surface area contributed by atoms with Crippen LogP contribution in [0.4, 0.5) is 0 Å². The predicted molar refractivity (Wildman–Crippen MR) is 73.9 cm³/mol. The number of carbonyl (C=O) groups is 2. The second-order valence-electron chi connectivity index (χ2n) is 6.48. The second-order valence-corrected chi connectivity index (χ2v) is 11.3. The zero-order valence-corrected chi connectivity index (χ0v) is 13.2. The fourth-order valence-electron chi connectivity index (χ4n) is 1.82. The molecule has 0 bridgehead atoms. The van der Waals surface area contributed by atoms with Crippen molar-refractivity contribution in [3.8, 4) is 0 Å². The number of rotatable bonds is 5. The van der Waals surface area contributed by atoms with Crippen LogP contribution in [0, 0.1) is 0 Å². The van der Waals surface area contributed by atoms with Gasteiger partial charge in [0.05, 0.1) is 19.2 Å². The molecule has 0 radical (unpaired) electrons. The molecule has 1 aliphatic heterocycles. The third-order valence-electron chi connectivity index (χ3n) is 4.17. The molecule has 4 nitrogen and oxygen atoms in total. The summed E-state index contributed by atoms with van der Waals surface area (Å²) < 4.78 is 6.13. The lowest BCUT2D eigenvalue weighted by molar-refractivity contribution is -0.131. The summed E-state index contributed by atoms with van der Waals surface area (Å²) in [4.78, 5) is 23.9. The fourth-order valence-corrected chi connectivity index (χ4v) is 2.86. The number of nitrogens with zero attached hydrogens (tertiary/aromatic N) is 1. The average Bonchev–Trinajstić information content (AvgIpc) is 2.57. The molecule has 0 spiro atoms. The Morgan fingerprint density at radius 1 is 1.44 bits per heavy atom. The number of hydrogen-bond acceptors (Lipinski definition) is 3. The summed E-state index contributed by atoms with van der Waals surface area (Å²) in [6.45, 7) is 11.8. The van der Waals surface area contributed by atoms with Crippen LogP contribution in [-0.2, 0) is 14.0 Å². The Balaban J connectivity index is 2.58. The second kappa shape index (κ2) is 5.53. The minimum absolute atomic E-state index is 0.0749. The Labute approximate surface area is 111 Å². The van der Waals surface area contributed by atoms with E-state index in [4.69, 9.17) is 4.43 Å². The molecule has 0 aromatic carbocycles. The first-order valence-electron chi connectivity index (χ1n) is 6.56. The van der Waals surface area contributed by atoms with Crippen LogP contribution in [0.15, 0.2) is 0 Å². The molecule has 1 fully saturated rings. The first kappa shape index (κ1) is 15.4. The van der Waals surface area contributed by atoms with Crippen LogP contribution in [-0.4, -0.2) is 44.6 Å². The molecule has 0 N–H and O–H groups in total. The molecule has 5 heteroatoms. The van der Waals surface area contributed by atoms with E-state index in [9.17, 15) is 9.59 Å². The van der Waals surface area contributed by atoms with Crippen LogP contribution in [0.1, 0.15) is 33.6 Å². The highest BCUT2D eigenvalue weighted by Gasteiger charge is 2.39. The van der Waals surface area contributed by atoms with Crippen LogP contribution in [0.25, 0.3) is 0 Å². The molecule has 18 heavy (non-hydrogen) atoms. The van der Waals surface area contributed by atoms with E-state index in [0.29, 0.717) is 13.0 Å². The molecular formula is C13H25NO3Si. The quantitative estimate of drug-likeness (QED) is 0.569. The lowest BCUT2D eigenvalue weighted by Gasteiger charge is -2.37. The molecule has 1 unspecified atom stereocenters. The minimum atomic E-state index is -1.77. The zero-order chi connectivity index (χ0) is 14.0. The van der Waals surface area contributed by atoms with Crippen LogP contribution in [0.3, 0.4) is 0 Å². The van der Waals surface area contributed by atoms with E-state index in [2.05, 4.69) is 33.9 Å². The molecule has 1 amide bonds. The van der Waals surface area contributed by atoms with E-state index in [-0.39, 0.29) is 23.5 Å². The van der Waals surface area contributed by atoms with Crippen molar-refractivity contribution in [2.75, 3.05) is 13.2 Å². The Morgan fingerprint density at radius 2 is 2.06 bits per heavy atom. The van der Waals surface area contributed by atoms with Gasteiger partial charge in [-0.1, -0.05) is 20.8 Å². The van der Waals surface area contributed by atoms with Gasteiger partial charge in [0.1, 0.15) is 6.29 Å². The zero-order valence-electron chi connectivity index (χ0n) is 12.2. The van der Waals surface area contributed by atoms with Gasteiger partial charge in [-0.25, -0.2) is 0 Å². The number of aldehydes is 1. The molecule has 1 heterocycles. The van der Waals surface area contributed by atoms with Crippen LogP contribution in [0.5, 0.6) is 0 Å². The number of likely N-dealkylation sites (tertiary alicyclic amines) is 1. The van der Waals surface area contributed by atoms with Gasteiger partial charge in [0, 0.05) is 6.42 Å². The first-order chi connectivity index (χ1) is 8.19. The number of carbonyl (C=O) groups excluding carboxylic acids is 2. The summed E-state index contributed by atoms with van der Waals surface area (Å²) in [5.41, 5.74) is 0. The highest BCUT2D eigenvalue weighted by molar-refractivity contribution is 6.74. The van der Waals surface area contributed by atoms with Gasteiger partial charge in [-0.3, -0.25) is 4.79 Å². The Kier molecular flexibility index (Phi) is 4.72. The van der Waals surface area contributed by atoms with E-state index in [1.165, 1.54) is 0 Å². The summed E-state index contributed by atoms with van der Waals surface area (Å²) in [7, 11) is -1.77. The van der Waals surface area contributed by atoms with E-state index >= 15 is 0 Å². The summed E-state index contributed by atoms with van der Waals surface area (Å²) >= 11 is 0. The van der Waals surface area contributed by atoms with Crippen molar-refractivity contribution in [1.29, 1.82) is 0 Å². The van der Waals surface area contributed by atoms with Gasteiger partial charge in [-0.05, 0) is 24.6 Å². The van der Waals surface area contributed by atoms with E-state index in [0.717, 1.165) is 12.7 Å². The van der Waals surface area contributed by atoms with Crippen LogP contribution >= 0.6 is 0 Å². The molecule has 0 saturated carbocycles. The maximum Gasteiger partial charge on any atom is 0.223 e. The molecule has 1 aliphatic rings. The van der Waals surface area contributed by atoms with Crippen molar-refractivity contribution >= 4 is 20.5 Å². The van der Waals surface area contributed by atoms with Gasteiger partial charge in [0.25, 0.3) is 0 Å². The Hall–Kier alpha value is -0.683. The van der Waals surface area contributed by atoms with E-state index < -0.39 is 8.32 Å². The summed E-state index contributed by atoms with van der Waals surface area (Å²) in [5, 5.41) is 0.172. The van der Waals surface area contributed by atoms with Crippen molar-refractivity contribution in [2.45, 2.75) is 57.8 Å². The van der Waals surface area contributed by atoms with Gasteiger partial charge < -0.3 is 14.1 Å². The highest BCUT2D eigenvalue weighted by Crippen LogP contribution is 2.37. The van der Waals surface area contributed by atoms with E-state index in [1.807, 2.05) is 0 Å². The topological polar surface area (TPSA) is 46.6 Å². The third kappa shape index (κ3) is 3.42. The molecule has 0 aromatic heterocycles. The molecule has 1 atom stereocenters. The lowest BCUT2D eigenvalue weighted by Crippen LogP contribution is -2.45. The Bertz CT molecular complexity index is 323. The maximum atomic E-state index is 11.6. The first-order valence-corrected chi connectivity index (χ1v) is 9.47. The van der Waals surface area contributed by atoms with Crippen LogP contribution in [0.2, 0.25) is 18.1 Å². The molecule has 0 aromatic rings. The lowest BCUT2D eigenvalue weighted by atomic mass is 10.2. The monoisotopic (exact) mass is 271 g/mol. The third-order valence-corrected chi connectivity index (χ3v) is 8.67. The van der Waals surface area contributed by atoms with Gasteiger partial charge in [-0.15, -0.1) is 0 Å². The highest BCUT2D eigenvalue weighted by atomic mass is 28.4. The summed E-state index contributed by atoms with van der Waals surface area (Å²) in [6.07, 6.45) is 2.14. The van der Waals surface area contributed by atoms with Crippen molar-refractivity contribution < 1.29 is 14.0 Å². The van der Waals surface area contributed by atoms with Crippen molar-refractivity contribution in [3.63, 3.8) is 0 Å². The SMILES string of the molecule is CC(C)(C)[Si](C)(C)OCC1CCC(=O)N1CC=O. The van der Waals surface area contributed by atoms with Gasteiger partial charge in [0.15, 0.2) is 8.32 Å². The van der Waals surface area contributed by atoms with Gasteiger partial charge in [0.2, 0.25) is 5.91 Å². The predicted octanol–water partition coefficient (Wildman–Crippen LogP) is 2.20. The van der Waals surface area contributed by atoms with Crippen molar-refractivity contribution in [1.82, 2.24) is 4.90 Å². The minimum Gasteiger partial charge on any atom is -0.415 e. The van der Waals surface area contributed by atoms with Gasteiger partial charge in [-0.2, -0.15) is 0 Å². The van der Waals surface area contributed by atoms with Crippen molar-refractivity contribution in [3.05, 3.63) is 0 Å². The number of amides is 1. The Morgan fingerprint density at radius 3 is 2.56 bits per heavy atom. The average molecular weight is 271 g/mol. The van der Waals surface area contributed by atoms with Crippen molar-refractivity contribution in [2.24, 2.45) is 0 Å². The van der Waals surface area contributed by atoms with E-state index in [1.54, 1.807) is 4.90 Å². The maximum absolute atomic E-state index is 11.6. The van der Waals surface area contributed by atoms with Gasteiger partial charge >= 0.3 is 0 Å².